The fourth-order valence-electron chi connectivity index (χ4n) is 2.09. The molecule has 0 fully saturated rings. The summed E-state index contributed by atoms with van der Waals surface area (Å²) in [4.78, 5) is 5.68. The molecule has 2 aromatic rings. The van der Waals surface area contributed by atoms with Crippen LogP contribution in [0, 0.1) is 20.8 Å². The van der Waals surface area contributed by atoms with Gasteiger partial charge in [0.05, 0.1) is 6.04 Å². The number of pyridine rings is 1. The summed E-state index contributed by atoms with van der Waals surface area (Å²) in [5.74, 6) is 5.70. The topological polar surface area (TPSA) is 50.9 Å². The van der Waals surface area contributed by atoms with Gasteiger partial charge < -0.3 is 0 Å². The monoisotopic (exact) mass is 247 g/mol. The normalized spacial score (nSPS) is 12.7. The molecule has 2 aromatic heterocycles. The maximum atomic E-state index is 5.70. The van der Waals surface area contributed by atoms with Crippen LogP contribution in [-0.2, 0) is 0 Å². The highest BCUT2D eigenvalue weighted by Crippen LogP contribution is 2.28. The van der Waals surface area contributed by atoms with Crippen molar-refractivity contribution in [3.05, 3.63) is 51.0 Å². The Balaban J connectivity index is 2.45. The Morgan fingerprint density at radius 3 is 2.35 bits per heavy atom. The van der Waals surface area contributed by atoms with Gasteiger partial charge in [-0.25, -0.2) is 5.43 Å². The van der Waals surface area contributed by atoms with Crippen molar-refractivity contribution >= 4 is 11.3 Å². The zero-order chi connectivity index (χ0) is 12.4. The van der Waals surface area contributed by atoms with Crippen LogP contribution in [0.4, 0.5) is 0 Å². The van der Waals surface area contributed by atoms with E-state index in [1.165, 1.54) is 16.0 Å². The number of aromatic nitrogens is 1. The summed E-state index contributed by atoms with van der Waals surface area (Å²) < 4.78 is 0. The Labute approximate surface area is 106 Å². The first-order valence-corrected chi connectivity index (χ1v) is 6.45. The lowest BCUT2D eigenvalue weighted by atomic mass is 9.99. The van der Waals surface area contributed by atoms with Gasteiger partial charge in [0.1, 0.15) is 0 Å². The van der Waals surface area contributed by atoms with Crippen LogP contribution in [0.5, 0.6) is 0 Å². The second kappa shape index (κ2) is 4.96. The molecule has 0 bridgehead atoms. The summed E-state index contributed by atoms with van der Waals surface area (Å²) in [5.41, 5.74) is 7.34. The van der Waals surface area contributed by atoms with Crippen LogP contribution in [0.15, 0.2) is 23.6 Å². The Hall–Kier alpha value is -1.23. The Kier molecular flexibility index (Phi) is 3.57. The molecule has 2 heterocycles. The fourth-order valence-corrected chi connectivity index (χ4v) is 2.83. The molecule has 0 spiro atoms. The van der Waals surface area contributed by atoms with E-state index in [9.17, 15) is 0 Å². The lowest BCUT2D eigenvalue weighted by Gasteiger charge is -2.17. The number of aryl methyl sites for hydroxylation is 3. The SMILES string of the molecule is Cc1cc(C(NN)c2ccsc2C)cc(C)n1. The van der Waals surface area contributed by atoms with E-state index in [-0.39, 0.29) is 6.04 Å². The Morgan fingerprint density at radius 2 is 1.88 bits per heavy atom. The van der Waals surface area contributed by atoms with Gasteiger partial charge >= 0.3 is 0 Å². The Bertz CT molecular complexity index is 499. The van der Waals surface area contributed by atoms with Crippen molar-refractivity contribution in [2.45, 2.75) is 26.8 Å². The van der Waals surface area contributed by atoms with Gasteiger partial charge in [0.2, 0.25) is 0 Å². The summed E-state index contributed by atoms with van der Waals surface area (Å²) in [6.07, 6.45) is 0. The van der Waals surface area contributed by atoms with Crippen molar-refractivity contribution < 1.29 is 0 Å². The zero-order valence-electron chi connectivity index (χ0n) is 10.3. The van der Waals surface area contributed by atoms with Gasteiger partial charge in [-0.3, -0.25) is 10.8 Å². The highest BCUT2D eigenvalue weighted by Gasteiger charge is 2.16. The van der Waals surface area contributed by atoms with E-state index in [4.69, 9.17) is 5.84 Å². The number of nitrogens with zero attached hydrogens (tertiary/aromatic N) is 1. The molecular weight excluding hydrogens is 230 g/mol. The highest BCUT2D eigenvalue weighted by molar-refractivity contribution is 7.10. The van der Waals surface area contributed by atoms with Gasteiger partial charge in [-0.05, 0) is 55.5 Å². The molecule has 2 rings (SSSR count). The second-order valence-corrected chi connectivity index (χ2v) is 5.34. The van der Waals surface area contributed by atoms with Crippen molar-refractivity contribution in [3.63, 3.8) is 0 Å². The van der Waals surface area contributed by atoms with Crippen molar-refractivity contribution in [2.24, 2.45) is 5.84 Å². The van der Waals surface area contributed by atoms with Gasteiger partial charge in [-0.2, -0.15) is 0 Å². The van der Waals surface area contributed by atoms with Gasteiger partial charge in [0, 0.05) is 16.3 Å². The van der Waals surface area contributed by atoms with Crippen LogP contribution in [-0.4, -0.2) is 4.98 Å². The second-order valence-electron chi connectivity index (χ2n) is 4.22. The van der Waals surface area contributed by atoms with Crippen molar-refractivity contribution in [2.75, 3.05) is 0 Å². The lowest BCUT2D eigenvalue weighted by Crippen LogP contribution is -2.29. The van der Waals surface area contributed by atoms with E-state index in [0.717, 1.165) is 11.4 Å². The van der Waals surface area contributed by atoms with Crippen molar-refractivity contribution in [1.29, 1.82) is 0 Å². The minimum absolute atomic E-state index is 0.0432. The summed E-state index contributed by atoms with van der Waals surface area (Å²) in [6, 6.07) is 6.32. The van der Waals surface area contributed by atoms with E-state index in [1.54, 1.807) is 11.3 Å². The van der Waals surface area contributed by atoms with Crippen LogP contribution in [0.1, 0.15) is 33.4 Å². The fraction of sp³-hybridized carbons (Fsp3) is 0.308. The largest absolute Gasteiger partial charge is 0.271 e. The number of hydrogen-bond donors (Lipinski definition) is 2. The highest BCUT2D eigenvalue weighted by atomic mass is 32.1. The average Bonchev–Trinajstić information content (AvgIpc) is 2.65. The minimum atomic E-state index is 0.0432. The summed E-state index contributed by atoms with van der Waals surface area (Å²) in [7, 11) is 0. The van der Waals surface area contributed by atoms with Gasteiger partial charge in [-0.15, -0.1) is 11.3 Å². The van der Waals surface area contributed by atoms with Crippen LogP contribution in [0.25, 0.3) is 0 Å². The molecule has 0 saturated carbocycles. The number of rotatable bonds is 3. The first-order valence-electron chi connectivity index (χ1n) is 5.57. The maximum Gasteiger partial charge on any atom is 0.0722 e. The molecule has 17 heavy (non-hydrogen) atoms. The number of hydrogen-bond acceptors (Lipinski definition) is 4. The molecule has 0 aliphatic carbocycles. The number of nitrogens with two attached hydrogens (primary N) is 1. The summed E-state index contributed by atoms with van der Waals surface area (Å²) in [5, 5.41) is 2.09. The van der Waals surface area contributed by atoms with E-state index in [1.807, 2.05) is 13.8 Å². The van der Waals surface area contributed by atoms with Crippen LogP contribution in [0.2, 0.25) is 0 Å². The van der Waals surface area contributed by atoms with Crippen molar-refractivity contribution in [3.8, 4) is 0 Å². The van der Waals surface area contributed by atoms with Crippen LogP contribution >= 0.6 is 11.3 Å². The number of nitrogens with one attached hydrogen (secondary N) is 1. The molecule has 0 radical (unpaired) electrons. The molecule has 1 atom stereocenters. The van der Waals surface area contributed by atoms with Crippen molar-refractivity contribution in [1.82, 2.24) is 10.4 Å². The van der Waals surface area contributed by atoms with E-state index >= 15 is 0 Å². The third-order valence-corrected chi connectivity index (χ3v) is 3.68. The number of thiophene rings is 1. The third-order valence-electron chi connectivity index (χ3n) is 2.81. The Morgan fingerprint density at radius 1 is 1.24 bits per heavy atom. The number of hydrazine groups is 1. The van der Waals surface area contributed by atoms with Gasteiger partial charge in [0.15, 0.2) is 0 Å². The molecule has 0 aromatic carbocycles. The smallest absolute Gasteiger partial charge is 0.0722 e. The molecule has 1 unspecified atom stereocenters. The molecule has 0 aliphatic heterocycles. The molecule has 3 nitrogen and oxygen atoms in total. The van der Waals surface area contributed by atoms with Crippen LogP contribution < -0.4 is 11.3 Å². The summed E-state index contributed by atoms with van der Waals surface area (Å²) in [6.45, 7) is 6.13. The molecule has 0 amide bonds. The molecular formula is C13H17N3S. The van der Waals surface area contributed by atoms with E-state index < -0.39 is 0 Å². The minimum Gasteiger partial charge on any atom is -0.271 e. The first-order chi connectivity index (χ1) is 8.11. The molecule has 0 aliphatic rings. The van der Waals surface area contributed by atoms with Gasteiger partial charge in [0.25, 0.3) is 0 Å². The van der Waals surface area contributed by atoms with Crippen LogP contribution in [0.3, 0.4) is 0 Å². The molecule has 0 saturated heterocycles. The van der Waals surface area contributed by atoms with E-state index in [0.29, 0.717) is 0 Å². The predicted octanol–water partition coefficient (Wildman–Crippen LogP) is 2.62. The summed E-state index contributed by atoms with van der Waals surface area (Å²) >= 11 is 1.74. The van der Waals surface area contributed by atoms with E-state index in [2.05, 4.69) is 40.9 Å². The predicted molar refractivity (Wildman–Crippen MR) is 71.9 cm³/mol. The third kappa shape index (κ3) is 2.54. The molecule has 4 heteroatoms. The zero-order valence-corrected chi connectivity index (χ0v) is 11.1. The quantitative estimate of drug-likeness (QED) is 0.647. The van der Waals surface area contributed by atoms with Gasteiger partial charge in [-0.1, -0.05) is 0 Å². The molecule has 90 valence electrons. The average molecular weight is 247 g/mol. The molecule has 3 N–H and O–H groups in total. The lowest BCUT2D eigenvalue weighted by molar-refractivity contribution is 0.634. The first kappa shape index (κ1) is 12.2. The maximum absolute atomic E-state index is 5.70. The standard InChI is InChI=1S/C13H17N3S/c1-8-6-11(7-9(2)15-8)13(16-14)12-4-5-17-10(12)3/h4-7,13,16H,14H2,1-3H3.